The van der Waals surface area contributed by atoms with Gasteiger partial charge >= 0.3 is 6.61 Å². The number of aryl methyl sites for hydroxylation is 1. The quantitative estimate of drug-likeness (QED) is 0.842. The van der Waals surface area contributed by atoms with Gasteiger partial charge in [-0.15, -0.1) is 12.4 Å². The minimum Gasteiger partial charge on any atom is -0.493 e. The summed E-state index contributed by atoms with van der Waals surface area (Å²) in [7, 11) is 1.41. The van der Waals surface area contributed by atoms with E-state index in [0.717, 1.165) is 11.5 Å². The SMILES string of the molecule is COc1cccc(CNCc2cc(C)on2)c1OC(F)F.Cl. The van der Waals surface area contributed by atoms with E-state index in [-0.39, 0.29) is 23.9 Å². The van der Waals surface area contributed by atoms with Crippen molar-refractivity contribution in [3.8, 4) is 11.5 Å². The largest absolute Gasteiger partial charge is 0.493 e. The zero-order valence-corrected chi connectivity index (χ0v) is 13.0. The van der Waals surface area contributed by atoms with Crippen LogP contribution in [-0.4, -0.2) is 18.9 Å². The molecular weight excluding hydrogens is 318 g/mol. The summed E-state index contributed by atoms with van der Waals surface area (Å²) in [5, 5.41) is 6.93. The molecule has 0 atom stereocenters. The second-order valence-corrected chi connectivity index (χ2v) is 4.36. The number of para-hydroxylation sites is 1. The fourth-order valence-corrected chi connectivity index (χ4v) is 1.91. The van der Waals surface area contributed by atoms with Crippen molar-refractivity contribution in [2.45, 2.75) is 26.6 Å². The summed E-state index contributed by atoms with van der Waals surface area (Å²) in [4.78, 5) is 0. The lowest BCUT2D eigenvalue weighted by Crippen LogP contribution is -2.15. The van der Waals surface area contributed by atoms with Crippen LogP contribution >= 0.6 is 12.4 Å². The maximum Gasteiger partial charge on any atom is 0.387 e. The van der Waals surface area contributed by atoms with E-state index in [1.165, 1.54) is 7.11 Å². The van der Waals surface area contributed by atoms with Crippen molar-refractivity contribution in [1.29, 1.82) is 0 Å². The summed E-state index contributed by atoms with van der Waals surface area (Å²) in [6.45, 7) is -0.306. The van der Waals surface area contributed by atoms with Crippen LogP contribution in [0.25, 0.3) is 0 Å². The van der Waals surface area contributed by atoms with Crippen LogP contribution in [0.15, 0.2) is 28.8 Å². The Morgan fingerprint density at radius 3 is 2.68 bits per heavy atom. The molecule has 0 aliphatic rings. The summed E-state index contributed by atoms with van der Waals surface area (Å²) in [6.07, 6.45) is 0. The number of rotatable bonds is 7. The van der Waals surface area contributed by atoms with Crippen LogP contribution < -0.4 is 14.8 Å². The van der Waals surface area contributed by atoms with Crippen LogP contribution in [0, 0.1) is 6.92 Å². The van der Waals surface area contributed by atoms with Crippen molar-refractivity contribution in [1.82, 2.24) is 10.5 Å². The van der Waals surface area contributed by atoms with Crippen LogP contribution in [0.3, 0.4) is 0 Å². The Balaban J connectivity index is 0.00000242. The van der Waals surface area contributed by atoms with Crippen LogP contribution in [0.2, 0.25) is 0 Å². The normalized spacial score (nSPS) is 10.4. The Morgan fingerprint density at radius 1 is 1.32 bits per heavy atom. The van der Waals surface area contributed by atoms with Crippen molar-refractivity contribution in [3.05, 3.63) is 41.3 Å². The maximum absolute atomic E-state index is 12.5. The van der Waals surface area contributed by atoms with Crippen LogP contribution in [-0.2, 0) is 13.1 Å². The molecule has 0 saturated heterocycles. The highest BCUT2D eigenvalue weighted by molar-refractivity contribution is 5.85. The molecule has 1 heterocycles. The number of alkyl halides is 2. The number of aromatic nitrogens is 1. The molecule has 0 aliphatic carbocycles. The van der Waals surface area contributed by atoms with Crippen molar-refractivity contribution in [2.24, 2.45) is 0 Å². The lowest BCUT2D eigenvalue weighted by molar-refractivity contribution is -0.0518. The molecule has 1 aromatic heterocycles. The van der Waals surface area contributed by atoms with Gasteiger partial charge in [0.1, 0.15) is 5.76 Å². The zero-order valence-electron chi connectivity index (χ0n) is 12.1. The van der Waals surface area contributed by atoms with E-state index in [1.54, 1.807) is 31.2 Å². The van der Waals surface area contributed by atoms with Crippen molar-refractivity contribution in [2.75, 3.05) is 7.11 Å². The number of nitrogens with one attached hydrogen (secondary N) is 1. The fraction of sp³-hybridized carbons (Fsp3) is 0.357. The number of ether oxygens (including phenoxy) is 2. The third-order valence-corrected chi connectivity index (χ3v) is 2.79. The van der Waals surface area contributed by atoms with E-state index in [1.807, 2.05) is 0 Å². The zero-order chi connectivity index (χ0) is 15.2. The second-order valence-electron chi connectivity index (χ2n) is 4.36. The van der Waals surface area contributed by atoms with E-state index in [9.17, 15) is 8.78 Å². The molecule has 2 rings (SSSR count). The first-order valence-electron chi connectivity index (χ1n) is 6.33. The molecule has 5 nitrogen and oxygen atoms in total. The summed E-state index contributed by atoms with van der Waals surface area (Å²) in [5.74, 6) is 1.03. The molecule has 0 unspecified atom stereocenters. The molecule has 0 bridgehead atoms. The van der Waals surface area contributed by atoms with Gasteiger partial charge in [-0.05, 0) is 13.0 Å². The van der Waals surface area contributed by atoms with Gasteiger partial charge in [-0.25, -0.2) is 0 Å². The first kappa shape index (κ1) is 18.2. The fourth-order valence-electron chi connectivity index (χ4n) is 1.91. The molecule has 0 fully saturated rings. The average Bonchev–Trinajstić information content (AvgIpc) is 2.85. The first-order valence-corrected chi connectivity index (χ1v) is 6.33. The monoisotopic (exact) mass is 334 g/mol. The summed E-state index contributed by atoms with van der Waals surface area (Å²) < 4.78 is 39.5. The molecule has 2 aromatic rings. The Hall–Kier alpha value is -1.86. The molecule has 1 N–H and O–H groups in total. The highest BCUT2D eigenvalue weighted by Gasteiger charge is 2.15. The molecule has 0 aliphatic heterocycles. The van der Waals surface area contributed by atoms with Gasteiger partial charge in [0.05, 0.1) is 12.8 Å². The lowest BCUT2D eigenvalue weighted by Gasteiger charge is -2.14. The lowest BCUT2D eigenvalue weighted by atomic mass is 10.2. The number of nitrogens with zero attached hydrogens (tertiary/aromatic N) is 1. The summed E-state index contributed by atoms with van der Waals surface area (Å²) in [6, 6.07) is 6.78. The summed E-state index contributed by atoms with van der Waals surface area (Å²) in [5.41, 5.74) is 1.32. The maximum atomic E-state index is 12.5. The van der Waals surface area contributed by atoms with Crippen LogP contribution in [0.1, 0.15) is 17.0 Å². The highest BCUT2D eigenvalue weighted by atomic mass is 35.5. The molecule has 0 radical (unpaired) electrons. The van der Waals surface area contributed by atoms with Crippen molar-refractivity contribution in [3.63, 3.8) is 0 Å². The Kier molecular flexibility index (Phi) is 7.07. The average molecular weight is 335 g/mol. The predicted octanol–water partition coefficient (Wildman–Crippen LogP) is 3.30. The number of halogens is 3. The van der Waals surface area contributed by atoms with Gasteiger partial charge in [-0.1, -0.05) is 17.3 Å². The Labute approximate surface area is 133 Å². The molecule has 0 spiro atoms. The van der Waals surface area contributed by atoms with E-state index in [0.29, 0.717) is 18.7 Å². The number of hydrogen-bond donors (Lipinski definition) is 1. The molecule has 8 heteroatoms. The Morgan fingerprint density at radius 2 is 2.09 bits per heavy atom. The standard InChI is InChI=1S/C14H16F2N2O3.ClH/c1-9-6-11(18-21-9)8-17-7-10-4-3-5-12(19-2)13(10)20-14(15)16;/h3-6,14,17H,7-8H2,1-2H3;1H. The Bertz CT molecular complexity index is 593. The number of benzene rings is 1. The van der Waals surface area contributed by atoms with Crippen molar-refractivity contribution < 1.29 is 22.8 Å². The first-order chi connectivity index (χ1) is 10.1. The van der Waals surface area contributed by atoms with Gasteiger partial charge in [0.2, 0.25) is 0 Å². The molecule has 0 amide bonds. The topological polar surface area (TPSA) is 56.5 Å². The van der Waals surface area contributed by atoms with E-state index in [2.05, 4.69) is 15.2 Å². The minimum atomic E-state index is -2.90. The van der Waals surface area contributed by atoms with E-state index in [4.69, 9.17) is 9.26 Å². The van der Waals surface area contributed by atoms with Gasteiger partial charge in [0.15, 0.2) is 11.5 Å². The second kappa shape index (κ2) is 8.55. The smallest absolute Gasteiger partial charge is 0.387 e. The van der Waals surface area contributed by atoms with Gasteiger partial charge in [-0.3, -0.25) is 0 Å². The van der Waals surface area contributed by atoms with Gasteiger partial charge in [-0.2, -0.15) is 8.78 Å². The van der Waals surface area contributed by atoms with Crippen LogP contribution in [0.4, 0.5) is 8.78 Å². The number of methoxy groups -OCH3 is 1. The molecular formula is C14H17ClF2N2O3. The van der Waals surface area contributed by atoms with Gasteiger partial charge < -0.3 is 19.3 Å². The highest BCUT2D eigenvalue weighted by Crippen LogP contribution is 2.32. The number of hydrogen-bond acceptors (Lipinski definition) is 5. The molecule has 22 heavy (non-hydrogen) atoms. The van der Waals surface area contributed by atoms with Crippen LogP contribution in [0.5, 0.6) is 11.5 Å². The molecule has 122 valence electrons. The van der Waals surface area contributed by atoms with E-state index < -0.39 is 6.61 Å². The van der Waals surface area contributed by atoms with Gasteiger partial charge in [0, 0.05) is 24.7 Å². The predicted molar refractivity (Wildman–Crippen MR) is 78.7 cm³/mol. The third kappa shape index (κ3) is 4.85. The minimum absolute atomic E-state index is 0. The van der Waals surface area contributed by atoms with E-state index >= 15 is 0 Å². The molecule has 1 aromatic carbocycles. The molecule has 0 saturated carbocycles. The summed E-state index contributed by atoms with van der Waals surface area (Å²) >= 11 is 0. The third-order valence-electron chi connectivity index (χ3n) is 2.79. The van der Waals surface area contributed by atoms with Gasteiger partial charge in [0.25, 0.3) is 0 Å². The van der Waals surface area contributed by atoms with Crippen molar-refractivity contribution >= 4 is 12.4 Å².